The number of allylic oxidation sites excluding steroid dienone is 2. The Bertz CT molecular complexity index is 328. The summed E-state index contributed by atoms with van der Waals surface area (Å²) < 4.78 is 0. The molecule has 0 spiro atoms. The van der Waals surface area contributed by atoms with Gasteiger partial charge in [0.1, 0.15) is 0 Å². The van der Waals surface area contributed by atoms with E-state index in [0.717, 1.165) is 31.2 Å². The van der Waals surface area contributed by atoms with Crippen molar-refractivity contribution in [1.82, 2.24) is 0 Å². The Kier molecular flexibility index (Phi) is 17.4. The molecule has 2 unspecified atom stereocenters. The summed E-state index contributed by atoms with van der Waals surface area (Å²) in [5, 5.41) is 0. The Morgan fingerprint density at radius 1 is 1.00 bits per heavy atom. The largest absolute Gasteiger partial charge is 0.370 e. The van der Waals surface area contributed by atoms with Gasteiger partial charge in [-0.25, -0.2) is 0 Å². The third kappa shape index (κ3) is 15.2. The van der Waals surface area contributed by atoms with Gasteiger partial charge in [-0.15, -0.1) is 0 Å². The Morgan fingerprint density at radius 2 is 1.68 bits per heavy atom. The van der Waals surface area contributed by atoms with Crippen molar-refractivity contribution in [2.75, 3.05) is 6.54 Å². The highest BCUT2D eigenvalue weighted by Gasteiger charge is 2.24. The standard InChI is InChI=1S/C20H37NO.C2H7N/c1-2-3-4-5-6-9-13-18-15-12-16-19(18)14-10-7-8-11-17-20(21)22;1-2-3/h9,13,18-19H,2-8,10-12,14-17H2,1H3,(H2,21,22);2-3H2,1H3/b13-9+;. The Hall–Kier alpha value is -0.830. The lowest BCUT2D eigenvalue weighted by Crippen LogP contribution is -2.09. The lowest BCUT2D eigenvalue weighted by atomic mass is 9.90. The van der Waals surface area contributed by atoms with Crippen LogP contribution in [0.25, 0.3) is 0 Å². The van der Waals surface area contributed by atoms with Crippen LogP contribution in [0.4, 0.5) is 0 Å². The molecule has 3 heteroatoms. The van der Waals surface area contributed by atoms with Gasteiger partial charge in [-0.05, 0) is 56.9 Å². The van der Waals surface area contributed by atoms with E-state index in [1.54, 1.807) is 0 Å². The molecule has 0 aromatic carbocycles. The molecule has 148 valence electrons. The van der Waals surface area contributed by atoms with Crippen molar-refractivity contribution in [3.8, 4) is 0 Å². The second-order valence-corrected chi connectivity index (χ2v) is 7.46. The molecule has 0 radical (unpaired) electrons. The van der Waals surface area contributed by atoms with E-state index >= 15 is 0 Å². The SMILES string of the molecule is CCCCCC/C=C/C1CCCC1CCCCCCC(N)=O.CCN. The predicted octanol–water partition coefficient (Wildman–Crippen LogP) is 5.72. The average Bonchev–Trinajstić information content (AvgIpc) is 3.02. The van der Waals surface area contributed by atoms with Crippen molar-refractivity contribution >= 4 is 5.91 Å². The van der Waals surface area contributed by atoms with E-state index in [0.29, 0.717) is 6.42 Å². The van der Waals surface area contributed by atoms with Crippen LogP contribution in [0, 0.1) is 11.8 Å². The molecule has 3 nitrogen and oxygen atoms in total. The van der Waals surface area contributed by atoms with Crippen molar-refractivity contribution in [2.45, 2.75) is 104 Å². The van der Waals surface area contributed by atoms with E-state index < -0.39 is 0 Å². The first-order chi connectivity index (χ1) is 12.2. The van der Waals surface area contributed by atoms with Crippen LogP contribution in [-0.2, 0) is 4.79 Å². The highest BCUT2D eigenvalue weighted by Crippen LogP contribution is 2.36. The maximum atomic E-state index is 10.7. The van der Waals surface area contributed by atoms with Crippen molar-refractivity contribution < 1.29 is 4.79 Å². The molecule has 0 heterocycles. The molecule has 1 saturated carbocycles. The van der Waals surface area contributed by atoms with E-state index in [-0.39, 0.29) is 5.91 Å². The van der Waals surface area contributed by atoms with Gasteiger partial charge in [-0.1, -0.05) is 70.9 Å². The first-order valence-corrected chi connectivity index (χ1v) is 10.8. The lowest BCUT2D eigenvalue weighted by Gasteiger charge is -2.16. The molecule has 0 saturated heterocycles. The molecule has 4 N–H and O–H groups in total. The minimum atomic E-state index is -0.153. The zero-order valence-electron chi connectivity index (χ0n) is 17.0. The quantitative estimate of drug-likeness (QED) is 0.329. The van der Waals surface area contributed by atoms with E-state index in [1.165, 1.54) is 70.6 Å². The normalized spacial score (nSPS) is 19.8. The Balaban J connectivity index is 0.00000178. The Labute approximate surface area is 157 Å². The highest BCUT2D eigenvalue weighted by molar-refractivity contribution is 5.73. The van der Waals surface area contributed by atoms with Gasteiger partial charge in [-0.3, -0.25) is 4.79 Å². The number of unbranched alkanes of at least 4 members (excludes halogenated alkanes) is 7. The minimum Gasteiger partial charge on any atom is -0.370 e. The van der Waals surface area contributed by atoms with Crippen molar-refractivity contribution in [3.63, 3.8) is 0 Å². The Morgan fingerprint density at radius 3 is 2.36 bits per heavy atom. The molecule has 0 aromatic rings. The summed E-state index contributed by atoms with van der Waals surface area (Å²) in [6.45, 7) is 4.92. The molecular formula is C22H44N2O. The average molecular weight is 353 g/mol. The van der Waals surface area contributed by atoms with Gasteiger partial charge in [0.05, 0.1) is 0 Å². The molecule has 25 heavy (non-hydrogen) atoms. The number of carbonyl (C=O) groups is 1. The first-order valence-electron chi connectivity index (χ1n) is 10.8. The van der Waals surface area contributed by atoms with Crippen LogP contribution < -0.4 is 11.5 Å². The number of rotatable bonds is 13. The van der Waals surface area contributed by atoms with Crippen molar-refractivity contribution in [2.24, 2.45) is 23.3 Å². The summed E-state index contributed by atoms with van der Waals surface area (Å²) >= 11 is 0. The summed E-state index contributed by atoms with van der Waals surface area (Å²) in [6, 6.07) is 0. The molecule has 0 bridgehead atoms. The van der Waals surface area contributed by atoms with Crippen LogP contribution in [0.1, 0.15) is 104 Å². The molecule has 1 aliphatic rings. The van der Waals surface area contributed by atoms with Crippen LogP contribution in [0.3, 0.4) is 0 Å². The number of primary amides is 1. The molecular weight excluding hydrogens is 308 g/mol. The second kappa shape index (κ2) is 18.0. The minimum absolute atomic E-state index is 0.153. The number of nitrogens with two attached hydrogens (primary N) is 2. The number of hydrogen-bond acceptors (Lipinski definition) is 2. The van der Waals surface area contributed by atoms with Crippen molar-refractivity contribution in [3.05, 3.63) is 12.2 Å². The van der Waals surface area contributed by atoms with E-state index in [4.69, 9.17) is 11.5 Å². The fraction of sp³-hybridized carbons (Fsp3) is 0.864. The summed E-state index contributed by atoms with van der Waals surface area (Å²) in [6.07, 6.45) is 22.6. The fourth-order valence-corrected chi connectivity index (χ4v) is 3.70. The molecule has 1 fully saturated rings. The summed E-state index contributed by atoms with van der Waals surface area (Å²) in [7, 11) is 0. The lowest BCUT2D eigenvalue weighted by molar-refractivity contribution is -0.118. The van der Waals surface area contributed by atoms with Gasteiger partial charge >= 0.3 is 0 Å². The maximum Gasteiger partial charge on any atom is 0.217 e. The highest BCUT2D eigenvalue weighted by atomic mass is 16.1. The van der Waals surface area contributed by atoms with Gasteiger partial charge < -0.3 is 11.5 Å². The van der Waals surface area contributed by atoms with Crippen LogP contribution in [0.2, 0.25) is 0 Å². The van der Waals surface area contributed by atoms with E-state index in [9.17, 15) is 4.79 Å². The molecule has 1 aliphatic carbocycles. The zero-order chi connectivity index (χ0) is 18.8. The number of hydrogen-bond donors (Lipinski definition) is 2. The second-order valence-electron chi connectivity index (χ2n) is 7.46. The predicted molar refractivity (Wildman–Crippen MR) is 110 cm³/mol. The van der Waals surface area contributed by atoms with Gasteiger partial charge in [0.15, 0.2) is 0 Å². The van der Waals surface area contributed by atoms with Gasteiger partial charge in [-0.2, -0.15) is 0 Å². The van der Waals surface area contributed by atoms with Gasteiger partial charge in [0.2, 0.25) is 5.91 Å². The van der Waals surface area contributed by atoms with E-state index in [1.807, 2.05) is 6.92 Å². The van der Waals surface area contributed by atoms with Crippen LogP contribution in [-0.4, -0.2) is 12.5 Å². The number of amides is 1. The van der Waals surface area contributed by atoms with E-state index in [2.05, 4.69) is 19.1 Å². The smallest absolute Gasteiger partial charge is 0.217 e. The maximum absolute atomic E-state index is 10.7. The zero-order valence-corrected chi connectivity index (χ0v) is 17.0. The number of carbonyl (C=O) groups excluding carboxylic acids is 1. The third-order valence-corrected chi connectivity index (χ3v) is 5.07. The summed E-state index contributed by atoms with van der Waals surface area (Å²) in [5.41, 5.74) is 10.0. The molecule has 0 aromatic heterocycles. The molecule has 1 amide bonds. The van der Waals surface area contributed by atoms with Crippen LogP contribution in [0.15, 0.2) is 12.2 Å². The van der Waals surface area contributed by atoms with Gasteiger partial charge in [0, 0.05) is 6.42 Å². The van der Waals surface area contributed by atoms with Crippen molar-refractivity contribution in [1.29, 1.82) is 0 Å². The third-order valence-electron chi connectivity index (χ3n) is 5.07. The fourth-order valence-electron chi connectivity index (χ4n) is 3.70. The first kappa shape index (κ1) is 24.2. The van der Waals surface area contributed by atoms with Crippen LogP contribution in [0.5, 0.6) is 0 Å². The van der Waals surface area contributed by atoms with Gasteiger partial charge in [0.25, 0.3) is 0 Å². The molecule has 0 aliphatic heterocycles. The topological polar surface area (TPSA) is 69.1 Å². The summed E-state index contributed by atoms with van der Waals surface area (Å²) in [5.74, 6) is 1.61. The van der Waals surface area contributed by atoms with Crippen LogP contribution >= 0.6 is 0 Å². The monoisotopic (exact) mass is 352 g/mol. The molecule has 1 rings (SSSR count). The molecule has 2 atom stereocenters. The summed E-state index contributed by atoms with van der Waals surface area (Å²) in [4.78, 5) is 10.7.